The summed E-state index contributed by atoms with van der Waals surface area (Å²) in [5.74, 6) is -2.77. The number of hydrogen-bond acceptors (Lipinski definition) is 4. The molecular formula is C35H37F2N3O4S. The van der Waals surface area contributed by atoms with Crippen molar-refractivity contribution in [2.45, 2.75) is 57.1 Å². The first kappa shape index (κ1) is 33.3. The predicted molar refractivity (Wildman–Crippen MR) is 171 cm³/mol. The average molecular weight is 634 g/mol. The van der Waals surface area contributed by atoms with E-state index in [0.29, 0.717) is 4.31 Å². The normalized spacial score (nSPS) is 12.3. The van der Waals surface area contributed by atoms with Gasteiger partial charge in [0.1, 0.15) is 24.2 Å². The third-order valence-corrected chi connectivity index (χ3v) is 8.85. The topological polar surface area (TPSA) is 86.8 Å². The molecule has 0 fully saturated rings. The molecule has 0 spiro atoms. The Morgan fingerprint density at radius 3 is 1.98 bits per heavy atom. The second kappa shape index (κ2) is 14.0. The van der Waals surface area contributed by atoms with Crippen LogP contribution in [0.15, 0.2) is 108 Å². The van der Waals surface area contributed by atoms with Crippen molar-refractivity contribution in [2.24, 2.45) is 0 Å². The largest absolute Gasteiger partial charge is 0.350 e. The summed E-state index contributed by atoms with van der Waals surface area (Å²) in [6.07, 6.45) is 0.0629. The predicted octanol–water partition coefficient (Wildman–Crippen LogP) is 6.02. The lowest BCUT2D eigenvalue weighted by Gasteiger charge is -2.35. The maximum atomic E-state index is 15.2. The summed E-state index contributed by atoms with van der Waals surface area (Å²) >= 11 is 0. The fraction of sp³-hybridized carbons (Fsp3) is 0.257. The molecule has 0 aliphatic rings. The fourth-order valence-electron chi connectivity index (χ4n) is 4.82. The van der Waals surface area contributed by atoms with Gasteiger partial charge in [-0.05, 0) is 63.6 Å². The van der Waals surface area contributed by atoms with Crippen LogP contribution in [0.3, 0.4) is 0 Å². The van der Waals surface area contributed by atoms with Crippen LogP contribution in [0.5, 0.6) is 0 Å². The van der Waals surface area contributed by atoms with Gasteiger partial charge in [0.05, 0.1) is 10.6 Å². The summed E-state index contributed by atoms with van der Waals surface area (Å²) < 4.78 is 58.9. The molecule has 0 aromatic heterocycles. The Balaban J connectivity index is 1.84. The number of carbonyl (C=O) groups is 2. The Labute approximate surface area is 263 Å². The van der Waals surface area contributed by atoms with Gasteiger partial charge < -0.3 is 10.2 Å². The Kier molecular flexibility index (Phi) is 10.4. The van der Waals surface area contributed by atoms with Gasteiger partial charge in [-0.15, -0.1) is 0 Å². The van der Waals surface area contributed by atoms with Crippen LogP contribution >= 0.6 is 0 Å². The number of rotatable bonds is 11. The number of para-hydroxylation sites is 1. The van der Waals surface area contributed by atoms with Crippen molar-refractivity contribution >= 4 is 27.5 Å². The minimum Gasteiger partial charge on any atom is -0.350 e. The molecule has 0 aliphatic carbocycles. The van der Waals surface area contributed by atoms with Crippen molar-refractivity contribution in [3.8, 4) is 0 Å². The van der Waals surface area contributed by atoms with E-state index < -0.39 is 51.6 Å². The molecule has 1 N–H and O–H groups in total. The number of carbonyl (C=O) groups excluding carboxylic acids is 2. The number of amides is 2. The lowest BCUT2D eigenvalue weighted by atomic mass is 10.0. The summed E-state index contributed by atoms with van der Waals surface area (Å²) in [5.41, 5.74) is 0.665. The first-order valence-corrected chi connectivity index (χ1v) is 15.9. The molecule has 1 atom stereocenters. The highest BCUT2D eigenvalue weighted by Crippen LogP contribution is 2.28. The Morgan fingerprint density at radius 2 is 1.38 bits per heavy atom. The Bertz CT molecular complexity index is 1740. The third kappa shape index (κ3) is 8.54. The molecule has 7 nitrogen and oxygen atoms in total. The Hall–Kier alpha value is -4.57. The van der Waals surface area contributed by atoms with Crippen molar-refractivity contribution in [3.05, 3.63) is 131 Å². The molecule has 0 saturated carbocycles. The van der Waals surface area contributed by atoms with E-state index in [0.717, 1.165) is 17.2 Å². The quantitative estimate of drug-likeness (QED) is 0.219. The van der Waals surface area contributed by atoms with Gasteiger partial charge in [-0.1, -0.05) is 78.4 Å². The van der Waals surface area contributed by atoms with Gasteiger partial charge in [0, 0.05) is 24.1 Å². The van der Waals surface area contributed by atoms with Gasteiger partial charge in [-0.2, -0.15) is 0 Å². The van der Waals surface area contributed by atoms with Crippen molar-refractivity contribution < 1.29 is 26.8 Å². The molecule has 2 amide bonds. The summed E-state index contributed by atoms with van der Waals surface area (Å²) in [6, 6.07) is 24.9. The number of anilines is 1. The monoisotopic (exact) mass is 633 g/mol. The molecule has 0 heterocycles. The van der Waals surface area contributed by atoms with E-state index in [2.05, 4.69) is 5.32 Å². The standard InChI is InChI=1S/C35H37F2N3O4S/c1-25-18-20-28(21-19-25)45(43,44)40(31-17-11-10-16-30(31)37)24-33(41)39(23-27-14-8-9-15-29(27)36)32(34(42)38-35(2,3)4)22-26-12-6-5-7-13-26/h5-21,32H,22-24H2,1-4H3,(H,38,42). The smallest absolute Gasteiger partial charge is 0.264 e. The molecule has 1 unspecified atom stereocenters. The van der Waals surface area contributed by atoms with Crippen LogP contribution in [0.1, 0.15) is 37.5 Å². The number of nitrogens with one attached hydrogen (secondary N) is 1. The zero-order valence-corrected chi connectivity index (χ0v) is 26.5. The molecule has 0 saturated heterocycles. The van der Waals surface area contributed by atoms with E-state index in [4.69, 9.17) is 0 Å². The highest BCUT2D eigenvalue weighted by Gasteiger charge is 2.36. The van der Waals surface area contributed by atoms with Crippen LogP contribution in [0.4, 0.5) is 14.5 Å². The van der Waals surface area contributed by atoms with Crippen LogP contribution in [0, 0.1) is 18.6 Å². The highest BCUT2D eigenvalue weighted by atomic mass is 32.2. The summed E-state index contributed by atoms with van der Waals surface area (Å²) in [4.78, 5) is 29.3. The maximum absolute atomic E-state index is 15.2. The zero-order valence-electron chi connectivity index (χ0n) is 25.7. The molecule has 0 bridgehead atoms. The second-order valence-corrected chi connectivity index (χ2v) is 13.7. The zero-order chi connectivity index (χ0) is 32.8. The van der Waals surface area contributed by atoms with Gasteiger partial charge >= 0.3 is 0 Å². The van der Waals surface area contributed by atoms with Crippen LogP contribution in [-0.4, -0.2) is 43.3 Å². The lowest BCUT2D eigenvalue weighted by molar-refractivity contribution is -0.140. The van der Waals surface area contributed by atoms with Gasteiger partial charge in [-0.25, -0.2) is 17.2 Å². The summed E-state index contributed by atoms with van der Waals surface area (Å²) in [7, 11) is -4.47. The molecule has 4 rings (SSSR count). The molecule has 4 aromatic carbocycles. The number of hydrogen-bond donors (Lipinski definition) is 1. The molecule has 45 heavy (non-hydrogen) atoms. The number of nitrogens with zero attached hydrogens (tertiary/aromatic N) is 2. The number of aryl methyl sites for hydroxylation is 1. The number of sulfonamides is 1. The fourth-order valence-corrected chi connectivity index (χ4v) is 6.24. The highest BCUT2D eigenvalue weighted by molar-refractivity contribution is 7.92. The van der Waals surface area contributed by atoms with Crippen LogP contribution in [-0.2, 0) is 32.6 Å². The summed E-state index contributed by atoms with van der Waals surface area (Å²) in [6.45, 7) is 5.99. The molecule has 4 aromatic rings. The van der Waals surface area contributed by atoms with Crippen LogP contribution in [0.2, 0.25) is 0 Å². The summed E-state index contributed by atoms with van der Waals surface area (Å²) in [5, 5.41) is 2.91. The first-order valence-electron chi connectivity index (χ1n) is 14.5. The molecule has 0 radical (unpaired) electrons. The second-order valence-electron chi connectivity index (χ2n) is 11.8. The van der Waals surface area contributed by atoms with E-state index >= 15 is 8.78 Å². The Morgan fingerprint density at radius 1 is 0.800 bits per heavy atom. The lowest BCUT2D eigenvalue weighted by Crippen LogP contribution is -2.56. The minimum absolute atomic E-state index is 0.0629. The molecular weight excluding hydrogens is 596 g/mol. The first-order chi connectivity index (χ1) is 21.3. The van der Waals surface area contributed by atoms with Gasteiger partial charge in [0.15, 0.2) is 0 Å². The van der Waals surface area contributed by atoms with Gasteiger partial charge in [0.25, 0.3) is 10.0 Å². The average Bonchev–Trinajstić information content (AvgIpc) is 2.98. The van der Waals surface area contributed by atoms with E-state index in [9.17, 15) is 18.0 Å². The maximum Gasteiger partial charge on any atom is 0.264 e. The minimum atomic E-state index is -4.47. The van der Waals surface area contributed by atoms with E-state index in [1.165, 1.54) is 53.4 Å². The van der Waals surface area contributed by atoms with E-state index in [1.54, 1.807) is 70.2 Å². The van der Waals surface area contributed by atoms with E-state index in [-0.39, 0.29) is 29.1 Å². The van der Waals surface area contributed by atoms with Crippen molar-refractivity contribution in [1.82, 2.24) is 10.2 Å². The molecule has 236 valence electrons. The molecule has 0 aliphatic heterocycles. The van der Waals surface area contributed by atoms with Crippen molar-refractivity contribution in [1.29, 1.82) is 0 Å². The van der Waals surface area contributed by atoms with E-state index in [1.807, 2.05) is 6.07 Å². The van der Waals surface area contributed by atoms with Crippen LogP contribution in [0.25, 0.3) is 0 Å². The number of benzene rings is 4. The van der Waals surface area contributed by atoms with Crippen LogP contribution < -0.4 is 9.62 Å². The van der Waals surface area contributed by atoms with Gasteiger partial charge in [-0.3, -0.25) is 13.9 Å². The SMILES string of the molecule is Cc1ccc(S(=O)(=O)N(CC(=O)N(Cc2ccccc2F)C(Cc2ccccc2)C(=O)NC(C)(C)C)c2ccccc2F)cc1. The third-order valence-electron chi connectivity index (χ3n) is 7.08. The van der Waals surface area contributed by atoms with Crippen molar-refractivity contribution in [2.75, 3.05) is 10.8 Å². The molecule has 10 heteroatoms. The number of halogens is 2. The van der Waals surface area contributed by atoms with Gasteiger partial charge in [0.2, 0.25) is 11.8 Å². The van der Waals surface area contributed by atoms with Crippen molar-refractivity contribution in [3.63, 3.8) is 0 Å².